The van der Waals surface area contributed by atoms with E-state index in [1.165, 1.54) is 0 Å². The molecule has 0 radical (unpaired) electrons. The molecule has 1 atom stereocenters. The van der Waals surface area contributed by atoms with Crippen LogP contribution in [0.2, 0.25) is 0 Å². The van der Waals surface area contributed by atoms with Crippen molar-refractivity contribution in [3.63, 3.8) is 0 Å². The average molecular weight is 199 g/mol. The quantitative estimate of drug-likeness (QED) is 0.502. The molecule has 0 aromatic carbocycles. The summed E-state index contributed by atoms with van der Waals surface area (Å²) in [6, 6.07) is 0.321. The van der Waals surface area contributed by atoms with Gasteiger partial charge in [-0.15, -0.1) is 0 Å². The first-order valence-electron chi connectivity index (χ1n) is 5.68. The second-order valence-electron chi connectivity index (χ2n) is 3.71. The van der Waals surface area contributed by atoms with Crippen molar-refractivity contribution >= 4 is 5.84 Å². The van der Waals surface area contributed by atoms with Crippen molar-refractivity contribution in [3.05, 3.63) is 0 Å². The molecule has 0 saturated carbocycles. The van der Waals surface area contributed by atoms with Crippen LogP contribution in [0.1, 0.15) is 40.5 Å². The van der Waals surface area contributed by atoms with Gasteiger partial charge in [-0.1, -0.05) is 20.8 Å². The third-order valence-electron chi connectivity index (χ3n) is 2.31. The zero-order chi connectivity index (χ0) is 11.0. The fourth-order valence-corrected chi connectivity index (χ4v) is 1.50. The van der Waals surface area contributed by atoms with Gasteiger partial charge >= 0.3 is 0 Å². The largest absolute Gasteiger partial charge is 0.387 e. The molecule has 14 heavy (non-hydrogen) atoms. The molecule has 0 aromatic heterocycles. The molecule has 0 heterocycles. The highest BCUT2D eigenvalue weighted by Crippen LogP contribution is 1.97. The maximum Gasteiger partial charge on any atom is 0.0940 e. The minimum absolute atomic E-state index is 0.321. The molecule has 0 fully saturated rings. The number of nitrogens with zero attached hydrogens (tertiary/aromatic N) is 2. The lowest BCUT2D eigenvalue weighted by Gasteiger charge is -2.20. The van der Waals surface area contributed by atoms with Gasteiger partial charge in [-0.2, -0.15) is 0 Å². The highest BCUT2D eigenvalue weighted by atomic mass is 15.1. The minimum atomic E-state index is 0.321. The van der Waals surface area contributed by atoms with Crippen molar-refractivity contribution in [1.82, 2.24) is 4.90 Å². The van der Waals surface area contributed by atoms with Crippen LogP contribution >= 0.6 is 0 Å². The first-order valence-corrected chi connectivity index (χ1v) is 5.68. The highest BCUT2D eigenvalue weighted by Gasteiger charge is 2.05. The van der Waals surface area contributed by atoms with E-state index in [1.54, 1.807) is 0 Å². The van der Waals surface area contributed by atoms with E-state index in [0.717, 1.165) is 38.3 Å². The second kappa shape index (κ2) is 7.80. The van der Waals surface area contributed by atoms with Crippen LogP contribution < -0.4 is 5.73 Å². The summed E-state index contributed by atoms with van der Waals surface area (Å²) >= 11 is 0. The Hall–Kier alpha value is -0.570. The van der Waals surface area contributed by atoms with Gasteiger partial charge in [0.25, 0.3) is 0 Å². The number of amidine groups is 1. The van der Waals surface area contributed by atoms with E-state index < -0.39 is 0 Å². The van der Waals surface area contributed by atoms with Crippen LogP contribution in [0.3, 0.4) is 0 Å². The summed E-state index contributed by atoms with van der Waals surface area (Å²) in [5.74, 6) is 0.798. The molecular weight excluding hydrogens is 174 g/mol. The van der Waals surface area contributed by atoms with Gasteiger partial charge in [0.05, 0.1) is 11.9 Å². The number of aliphatic imine (C=N–C) groups is 1. The van der Waals surface area contributed by atoms with E-state index in [-0.39, 0.29) is 0 Å². The van der Waals surface area contributed by atoms with Gasteiger partial charge in [0.15, 0.2) is 0 Å². The Bertz CT molecular complexity index is 162. The van der Waals surface area contributed by atoms with E-state index in [9.17, 15) is 0 Å². The SMILES string of the molecule is CCCC(N)=NC(C)CN(CC)CC. The zero-order valence-electron chi connectivity index (χ0n) is 10.1. The molecule has 0 rings (SSSR count). The molecule has 0 aromatic rings. The second-order valence-corrected chi connectivity index (χ2v) is 3.71. The van der Waals surface area contributed by atoms with E-state index in [0.29, 0.717) is 6.04 Å². The Kier molecular flexibility index (Phi) is 7.48. The lowest BCUT2D eigenvalue weighted by atomic mass is 10.3. The van der Waals surface area contributed by atoms with Crippen LogP contribution in [0.15, 0.2) is 4.99 Å². The molecule has 84 valence electrons. The molecule has 0 aliphatic rings. The molecule has 3 heteroatoms. The minimum Gasteiger partial charge on any atom is -0.387 e. The first-order chi connectivity index (χ1) is 6.63. The normalized spacial score (nSPS) is 14.8. The zero-order valence-corrected chi connectivity index (χ0v) is 10.1. The maximum atomic E-state index is 5.78. The summed E-state index contributed by atoms with van der Waals surface area (Å²) in [6.07, 6.45) is 2.00. The summed E-state index contributed by atoms with van der Waals surface area (Å²) < 4.78 is 0. The third kappa shape index (κ3) is 5.97. The monoisotopic (exact) mass is 199 g/mol. The van der Waals surface area contributed by atoms with Gasteiger partial charge in [-0.05, 0) is 26.4 Å². The van der Waals surface area contributed by atoms with Gasteiger partial charge in [0.2, 0.25) is 0 Å². The van der Waals surface area contributed by atoms with Crippen LogP contribution in [0.5, 0.6) is 0 Å². The summed E-state index contributed by atoms with van der Waals surface area (Å²) in [4.78, 5) is 6.82. The van der Waals surface area contributed by atoms with Crippen LogP contribution in [0, 0.1) is 0 Å². The molecule has 1 unspecified atom stereocenters. The number of likely N-dealkylation sites (N-methyl/N-ethyl adjacent to an activating group) is 1. The predicted molar refractivity (Wildman–Crippen MR) is 63.8 cm³/mol. The van der Waals surface area contributed by atoms with Crippen LogP contribution in [0.4, 0.5) is 0 Å². The van der Waals surface area contributed by atoms with E-state index in [2.05, 4.69) is 37.6 Å². The van der Waals surface area contributed by atoms with Crippen LogP contribution in [-0.4, -0.2) is 36.4 Å². The molecule has 0 amide bonds. The third-order valence-corrected chi connectivity index (χ3v) is 2.31. The van der Waals surface area contributed by atoms with Gasteiger partial charge in [0.1, 0.15) is 0 Å². The van der Waals surface area contributed by atoms with Gasteiger partial charge in [-0.3, -0.25) is 4.99 Å². The van der Waals surface area contributed by atoms with E-state index in [1.807, 2.05) is 0 Å². The topological polar surface area (TPSA) is 41.6 Å². The Morgan fingerprint density at radius 2 is 1.86 bits per heavy atom. The van der Waals surface area contributed by atoms with Crippen LogP contribution in [-0.2, 0) is 0 Å². The number of hydrogen-bond acceptors (Lipinski definition) is 2. The molecule has 0 aliphatic carbocycles. The lowest BCUT2D eigenvalue weighted by Crippen LogP contribution is -2.31. The van der Waals surface area contributed by atoms with Crippen LogP contribution in [0.25, 0.3) is 0 Å². The fourth-order valence-electron chi connectivity index (χ4n) is 1.50. The number of nitrogens with two attached hydrogens (primary N) is 1. The van der Waals surface area contributed by atoms with E-state index >= 15 is 0 Å². The predicted octanol–water partition coefficient (Wildman–Crippen LogP) is 1.87. The van der Waals surface area contributed by atoms with Gasteiger partial charge in [0, 0.05) is 13.0 Å². The van der Waals surface area contributed by atoms with Crippen molar-refractivity contribution in [3.8, 4) is 0 Å². The Balaban J connectivity index is 3.94. The summed E-state index contributed by atoms with van der Waals surface area (Å²) in [6.45, 7) is 11.8. The average Bonchev–Trinajstić information content (AvgIpc) is 2.14. The summed E-state index contributed by atoms with van der Waals surface area (Å²) in [7, 11) is 0. The van der Waals surface area contributed by atoms with Crippen molar-refractivity contribution in [2.75, 3.05) is 19.6 Å². The molecule has 0 spiro atoms. The van der Waals surface area contributed by atoms with Crippen molar-refractivity contribution in [1.29, 1.82) is 0 Å². The van der Waals surface area contributed by atoms with Crippen molar-refractivity contribution in [2.24, 2.45) is 10.7 Å². The smallest absolute Gasteiger partial charge is 0.0940 e. The molecule has 2 N–H and O–H groups in total. The standard InChI is InChI=1S/C11H25N3/c1-5-8-11(12)13-10(4)9-14(6-2)7-3/h10H,5-9H2,1-4H3,(H2,12,13). The maximum absolute atomic E-state index is 5.78. The van der Waals surface area contributed by atoms with Crippen molar-refractivity contribution in [2.45, 2.75) is 46.6 Å². The molecule has 0 saturated heterocycles. The number of hydrogen-bond donors (Lipinski definition) is 1. The van der Waals surface area contributed by atoms with Gasteiger partial charge < -0.3 is 10.6 Å². The Labute approximate surface area is 88.4 Å². The van der Waals surface area contributed by atoms with Crippen molar-refractivity contribution < 1.29 is 0 Å². The lowest BCUT2D eigenvalue weighted by molar-refractivity contribution is 0.289. The summed E-state index contributed by atoms with van der Waals surface area (Å²) in [5.41, 5.74) is 5.78. The summed E-state index contributed by atoms with van der Waals surface area (Å²) in [5, 5.41) is 0. The molecule has 0 aliphatic heterocycles. The Morgan fingerprint density at radius 1 is 1.29 bits per heavy atom. The first kappa shape index (κ1) is 13.4. The highest BCUT2D eigenvalue weighted by molar-refractivity contribution is 5.80. The fraction of sp³-hybridized carbons (Fsp3) is 0.909. The molecule has 3 nitrogen and oxygen atoms in total. The van der Waals surface area contributed by atoms with Gasteiger partial charge in [-0.25, -0.2) is 0 Å². The number of rotatable bonds is 7. The Morgan fingerprint density at radius 3 is 2.29 bits per heavy atom. The van der Waals surface area contributed by atoms with E-state index in [4.69, 9.17) is 5.73 Å². The molecular formula is C11H25N3. The molecule has 0 bridgehead atoms.